The van der Waals surface area contributed by atoms with Crippen molar-refractivity contribution < 1.29 is 4.79 Å². The summed E-state index contributed by atoms with van der Waals surface area (Å²) in [5.41, 5.74) is 5.84. The van der Waals surface area contributed by atoms with E-state index in [2.05, 4.69) is 11.8 Å². The third-order valence-corrected chi connectivity index (χ3v) is 4.52. The van der Waals surface area contributed by atoms with Crippen LogP contribution in [0.2, 0.25) is 0 Å². The minimum atomic E-state index is 0.268. The molecule has 0 saturated carbocycles. The van der Waals surface area contributed by atoms with Gasteiger partial charge in [0.25, 0.3) is 0 Å². The second-order valence-corrected chi connectivity index (χ2v) is 5.81. The van der Waals surface area contributed by atoms with Gasteiger partial charge in [-0.1, -0.05) is 6.92 Å². The van der Waals surface area contributed by atoms with Gasteiger partial charge in [0.2, 0.25) is 5.91 Å². The Kier molecular flexibility index (Phi) is 5.01. The van der Waals surface area contributed by atoms with Crippen molar-refractivity contribution >= 4 is 5.91 Å². The summed E-state index contributed by atoms with van der Waals surface area (Å²) in [5.74, 6) is 0.864. The smallest absolute Gasteiger partial charge is 0.224 e. The van der Waals surface area contributed by atoms with E-state index in [0.29, 0.717) is 24.8 Å². The van der Waals surface area contributed by atoms with Gasteiger partial charge in [0.05, 0.1) is 0 Å². The number of rotatable bonds is 4. The summed E-state index contributed by atoms with van der Waals surface area (Å²) in [7, 11) is 0. The van der Waals surface area contributed by atoms with Crippen LogP contribution in [0.15, 0.2) is 0 Å². The number of piperidine rings is 1. The molecule has 2 aliphatic heterocycles. The number of nitrogens with zero attached hydrogens (tertiary/aromatic N) is 2. The van der Waals surface area contributed by atoms with E-state index in [1.807, 2.05) is 4.90 Å². The summed E-state index contributed by atoms with van der Waals surface area (Å²) in [6, 6.07) is 0.268. The average molecular weight is 253 g/mol. The van der Waals surface area contributed by atoms with Gasteiger partial charge in [-0.25, -0.2) is 0 Å². The summed E-state index contributed by atoms with van der Waals surface area (Å²) in [6.45, 7) is 7.01. The van der Waals surface area contributed by atoms with Gasteiger partial charge < -0.3 is 15.5 Å². The molecule has 1 amide bonds. The zero-order valence-corrected chi connectivity index (χ0v) is 11.6. The highest BCUT2D eigenvalue weighted by Gasteiger charge is 2.30. The normalized spacial score (nSPS) is 29.8. The molecule has 0 aliphatic carbocycles. The van der Waals surface area contributed by atoms with Crippen LogP contribution in [-0.2, 0) is 4.79 Å². The van der Waals surface area contributed by atoms with Crippen molar-refractivity contribution in [3.8, 4) is 0 Å². The van der Waals surface area contributed by atoms with Crippen molar-refractivity contribution in [1.82, 2.24) is 9.80 Å². The van der Waals surface area contributed by atoms with Gasteiger partial charge in [0.1, 0.15) is 0 Å². The Balaban J connectivity index is 1.82. The molecule has 0 aromatic carbocycles. The van der Waals surface area contributed by atoms with E-state index in [0.717, 1.165) is 19.5 Å². The molecule has 0 aromatic heterocycles. The second-order valence-electron chi connectivity index (χ2n) is 5.81. The number of likely N-dealkylation sites (tertiary alicyclic amines) is 2. The van der Waals surface area contributed by atoms with Gasteiger partial charge in [-0.15, -0.1) is 0 Å². The minimum Gasteiger partial charge on any atom is -0.338 e. The van der Waals surface area contributed by atoms with E-state index >= 15 is 0 Å². The standard InChI is InChI=1S/C14H27N3O/c1-12-5-4-9-17(13(12)11-15)14(18)6-10-16-7-2-3-8-16/h12-13H,2-11,15H2,1H3. The SMILES string of the molecule is CC1CCCN(C(=O)CCN2CCCC2)C1CN. The molecular weight excluding hydrogens is 226 g/mol. The molecule has 4 nitrogen and oxygen atoms in total. The van der Waals surface area contributed by atoms with Crippen LogP contribution in [0, 0.1) is 5.92 Å². The molecule has 2 heterocycles. The minimum absolute atomic E-state index is 0.268. The topological polar surface area (TPSA) is 49.6 Å². The summed E-state index contributed by atoms with van der Waals surface area (Å²) in [6.07, 6.45) is 5.59. The molecular formula is C14H27N3O. The number of hydrogen-bond acceptors (Lipinski definition) is 3. The molecule has 0 aromatic rings. The van der Waals surface area contributed by atoms with Gasteiger partial charge in [0.15, 0.2) is 0 Å². The Morgan fingerprint density at radius 2 is 1.94 bits per heavy atom. The van der Waals surface area contributed by atoms with Crippen molar-refractivity contribution in [3.05, 3.63) is 0 Å². The largest absolute Gasteiger partial charge is 0.338 e. The summed E-state index contributed by atoms with van der Waals surface area (Å²) in [5, 5.41) is 0. The monoisotopic (exact) mass is 253 g/mol. The molecule has 2 N–H and O–H groups in total. The van der Waals surface area contributed by atoms with E-state index in [4.69, 9.17) is 5.73 Å². The van der Waals surface area contributed by atoms with Gasteiger partial charge in [-0.3, -0.25) is 4.79 Å². The van der Waals surface area contributed by atoms with E-state index in [1.54, 1.807) is 0 Å². The lowest BCUT2D eigenvalue weighted by atomic mass is 9.90. The fourth-order valence-corrected chi connectivity index (χ4v) is 3.32. The van der Waals surface area contributed by atoms with Crippen LogP contribution in [0.3, 0.4) is 0 Å². The molecule has 0 bridgehead atoms. The zero-order chi connectivity index (χ0) is 13.0. The first-order valence-electron chi connectivity index (χ1n) is 7.44. The van der Waals surface area contributed by atoms with Crippen LogP contribution in [0.5, 0.6) is 0 Å². The third kappa shape index (κ3) is 3.23. The molecule has 2 atom stereocenters. The van der Waals surface area contributed by atoms with Crippen molar-refractivity contribution in [2.75, 3.05) is 32.7 Å². The van der Waals surface area contributed by atoms with Crippen LogP contribution in [0.4, 0.5) is 0 Å². The molecule has 0 radical (unpaired) electrons. The quantitative estimate of drug-likeness (QED) is 0.815. The molecule has 0 spiro atoms. The van der Waals surface area contributed by atoms with E-state index in [9.17, 15) is 4.79 Å². The van der Waals surface area contributed by atoms with Gasteiger partial charge in [0, 0.05) is 32.1 Å². The maximum absolute atomic E-state index is 12.3. The van der Waals surface area contributed by atoms with E-state index < -0.39 is 0 Å². The predicted octanol–water partition coefficient (Wildman–Crippen LogP) is 1.06. The predicted molar refractivity (Wildman–Crippen MR) is 73.2 cm³/mol. The fourth-order valence-electron chi connectivity index (χ4n) is 3.32. The Morgan fingerprint density at radius 3 is 2.61 bits per heavy atom. The summed E-state index contributed by atoms with van der Waals surface area (Å²) in [4.78, 5) is 16.8. The number of amides is 1. The van der Waals surface area contributed by atoms with E-state index in [-0.39, 0.29) is 6.04 Å². The first kappa shape index (κ1) is 13.8. The van der Waals surface area contributed by atoms with Crippen molar-refractivity contribution in [2.45, 2.75) is 45.1 Å². The molecule has 18 heavy (non-hydrogen) atoms. The first-order valence-corrected chi connectivity index (χ1v) is 7.44. The number of hydrogen-bond donors (Lipinski definition) is 1. The highest BCUT2D eigenvalue weighted by atomic mass is 16.2. The maximum Gasteiger partial charge on any atom is 0.224 e. The van der Waals surface area contributed by atoms with Crippen LogP contribution < -0.4 is 5.73 Å². The van der Waals surface area contributed by atoms with Crippen molar-refractivity contribution in [3.63, 3.8) is 0 Å². The highest BCUT2D eigenvalue weighted by Crippen LogP contribution is 2.23. The van der Waals surface area contributed by atoms with Crippen LogP contribution in [0.25, 0.3) is 0 Å². The third-order valence-electron chi connectivity index (χ3n) is 4.52. The number of nitrogens with two attached hydrogens (primary N) is 1. The van der Waals surface area contributed by atoms with Crippen molar-refractivity contribution in [2.24, 2.45) is 11.7 Å². The Labute approximate surface area is 110 Å². The van der Waals surface area contributed by atoms with Crippen LogP contribution >= 0.6 is 0 Å². The number of carbonyl (C=O) groups excluding carboxylic acids is 1. The lowest BCUT2D eigenvalue weighted by Gasteiger charge is -2.39. The Hall–Kier alpha value is -0.610. The van der Waals surface area contributed by atoms with E-state index in [1.165, 1.54) is 32.4 Å². The van der Waals surface area contributed by atoms with Crippen LogP contribution in [0.1, 0.15) is 39.0 Å². The highest BCUT2D eigenvalue weighted by molar-refractivity contribution is 5.77. The zero-order valence-electron chi connectivity index (χ0n) is 11.6. The average Bonchev–Trinajstić information content (AvgIpc) is 2.88. The Bertz CT molecular complexity index is 276. The number of carbonyl (C=O) groups is 1. The fraction of sp³-hybridized carbons (Fsp3) is 0.929. The van der Waals surface area contributed by atoms with Crippen molar-refractivity contribution in [1.29, 1.82) is 0 Å². The Morgan fingerprint density at radius 1 is 1.22 bits per heavy atom. The summed E-state index contributed by atoms with van der Waals surface area (Å²) >= 11 is 0. The molecule has 2 saturated heterocycles. The second kappa shape index (κ2) is 6.53. The summed E-state index contributed by atoms with van der Waals surface area (Å²) < 4.78 is 0. The van der Waals surface area contributed by atoms with Crippen LogP contribution in [-0.4, -0.2) is 54.5 Å². The van der Waals surface area contributed by atoms with Gasteiger partial charge in [-0.2, -0.15) is 0 Å². The lowest BCUT2D eigenvalue weighted by Crippen LogP contribution is -2.51. The molecule has 2 rings (SSSR count). The lowest BCUT2D eigenvalue weighted by molar-refractivity contribution is -0.136. The molecule has 2 unspecified atom stereocenters. The first-order chi connectivity index (χ1) is 8.72. The molecule has 2 aliphatic rings. The molecule has 2 fully saturated rings. The molecule has 104 valence electrons. The molecule has 4 heteroatoms. The maximum atomic E-state index is 12.3. The van der Waals surface area contributed by atoms with Gasteiger partial charge >= 0.3 is 0 Å². The van der Waals surface area contributed by atoms with Gasteiger partial charge in [-0.05, 0) is 44.7 Å².